The van der Waals surface area contributed by atoms with Gasteiger partial charge in [-0.15, -0.1) is 0 Å². The number of aryl methyl sites for hydroxylation is 1. The van der Waals surface area contributed by atoms with Crippen LogP contribution in [0.15, 0.2) is 23.0 Å². The van der Waals surface area contributed by atoms with Crippen LogP contribution in [0.2, 0.25) is 0 Å². The van der Waals surface area contributed by atoms with E-state index in [1.165, 1.54) is 0 Å². The Morgan fingerprint density at radius 2 is 2.21 bits per heavy atom. The minimum Gasteiger partial charge on any atom is -0.350 e. The minimum atomic E-state index is 0.0195. The molecule has 3 nitrogen and oxygen atoms in total. The van der Waals surface area contributed by atoms with Crippen molar-refractivity contribution in [1.29, 1.82) is 0 Å². The molecule has 0 unspecified atom stereocenters. The van der Waals surface area contributed by atoms with Gasteiger partial charge >= 0.3 is 0 Å². The summed E-state index contributed by atoms with van der Waals surface area (Å²) in [6.45, 7) is 1.83. The van der Waals surface area contributed by atoms with Crippen molar-refractivity contribution in [3.63, 3.8) is 0 Å². The van der Waals surface area contributed by atoms with E-state index in [1.807, 2.05) is 25.1 Å². The van der Waals surface area contributed by atoms with Gasteiger partial charge in [-0.1, -0.05) is 0 Å². The first-order valence-corrected chi connectivity index (χ1v) is 5.30. The average Bonchev–Trinajstić information content (AvgIpc) is 2.16. The second-order valence-electron chi connectivity index (χ2n) is 3.18. The molecule has 0 spiro atoms. The fourth-order valence-electron chi connectivity index (χ4n) is 1.35. The van der Waals surface area contributed by atoms with Gasteiger partial charge in [0.1, 0.15) is 0 Å². The maximum absolute atomic E-state index is 11.8. The van der Waals surface area contributed by atoms with Crippen LogP contribution in [0.5, 0.6) is 0 Å². The largest absolute Gasteiger partial charge is 0.350 e. The van der Waals surface area contributed by atoms with Crippen molar-refractivity contribution in [1.82, 2.24) is 9.46 Å². The second-order valence-corrected chi connectivity index (χ2v) is 4.43. The van der Waals surface area contributed by atoms with Crippen LogP contribution in [0.3, 0.4) is 0 Å². The van der Waals surface area contributed by atoms with Gasteiger partial charge in [-0.05, 0) is 47.7 Å². The van der Waals surface area contributed by atoms with E-state index >= 15 is 0 Å². The lowest BCUT2D eigenvalue weighted by molar-refractivity contribution is 0.986. The number of rotatable bonds is 0. The van der Waals surface area contributed by atoms with Crippen LogP contribution < -0.4 is 5.56 Å². The van der Waals surface area contributed by atoms with Gasteiger partial charge in [0, 0.05) is 3.57 Å². The topological polar surface area (TPSA) is 34.9 Å². The van der Waals surface area contributed by atoms with Crippen molar-refractivity contribution in [3.05, 3.63) is 37.9 Å². The third kappa shape index (κ3) is 1.45. The molecule has 0 aliphatic heterocycles. The summed E-state index contributed by atoms with van der Waals surface area (Å²) in [5.41, 5.74) is 0.789. The predicted molar refractivity (Wildman–Crippen MR) is 67.4 cm³/mol. The summed E-state index contributed by atoms with van der Waals surface area (Å²) < 4.78 is 2.62. The first-order chi connectivity index (χ1) is 6.59. The SMILES string of the molecule is Bn1c(C)nc2ccc(I)cc2c1=O. The molecule has 0 bridgehead atoms. The molecule has 1 aromatic carbocycles. The number of fused-ring (bicyclic) bond motifs is 1. The zero-order valence-corrected chi connectivity index (χ0v) is 10.1. The molecule has 0 atom stereocenters. The van der Waals surface area contributed by atoms with Gasteiger partial charge in [0.05, 0.1) is 16.7 Å². The number of aromatic nitrogens is 2. The first kappa shape index (κ1) is 9.70. The van der Waals surface area contributed by atoms with Gasteiger partial charge in [-0.2, -0.15) is 0 Å². The highest BCUT2D eigenvalue weighted by Crippen LogP contribution is 2.12. The van der Waals surface area contributed by atoms with E-state index in [0.717, 1.165) is 14.9 Å². The van der Waals surface area contributed by atoms with Crippen LogP contribution in [0.25, 0.3) is 10.9 Å². The molecule has 0 amide bonds. The Labute approximate surface area is 95.7 Å². The predicted octanol–water partition coefficient (Wildman–Crippen LogP) is 0.706. The minimum absolute atomic E-state index is 0.0195. The highest BCUT2D eigenvalue weighted by molar-refractivity contribution is 14.1. The number of benzene rings is 1. The van der Waals surface area contributed by atoms with Crippen LogP contribution >= 0.6 is 22.6 Å². The summed E-state index contributed by atoms with van der Waals surface area (Å²) in [4.78, 5) is 16.2. The van der Waals surface area contributed by atoms with Crippen LogP contribution in [0.4, 0.5) is 0 Å². The molecule has 2 rings (SSSR count). The molecule has 0 radical (unpaired) electrons. The molecule has 2 aromatic rings. The molecule has 0 fully saturated rings. The lowest BCUT2D eigenvalue weighted by atomic mass is 10.2. The summed E-state index contributed by atoms with van der Waals surface area (Å²) in [5, 5.41) is 0.685. The van der Waals surface area contributed by atoms with E-state index in [9.17, 15) is 4.79 Å². The van der Waals surface area contributed by atoms with E-state index in [2.05, 4.69) is 27.6 Å². The second kappa shape index (κ2) is 3.38. The van der Waals surface area contributed by atoms with Crippen molar-refractivity contribution >= 4 is 41.5 Å². The fraction of sp³-hybridized carbons (Fsp3) is 0.111. The van der Waals surface area contributed by atoms with Gasteiger partial charge in [-0.3, -0.25) is 4.79 Å². The van der Waals surface area contributed by atoms with Gasteiger partial charge in [0.2, 0.25) is 13.5 Å². The quantitative estimate of drug-likeness (QED) is 0.530. The van der Waals surface area contributed by atoms with E-state index in [0.29, 0.717) is 5.39 Å². The fourth-order valence-corrected chi connectivity index (χ4v) is 1.85. The Balaban J connectivity index is 2.99. The molecule has 0 aliphatic rings. The van der Waals surface area contributed by atoms with Crippen LogP contribution in [-0.4, -0.2) is 17.4 Å². The van der Waals surface area contributed by atoms with Gasteiger partial charge in [0.25, 0.3) is 0 Å². The van der Waals surface area contributed by atoms with Gasteiger partial charge < -0.3 is 4.48 Å². The summed E-state index contributed by atoms with van der Waals surface area (Å²) in [7, 11) is 1.74. The summed E-state index contributed by atoms with van der Waals surface area (Å²) in [5.74, 6) is 0.740. The zero-order valence-electron chi connectivity index (χ0n) is 7.91. The Kier molecular flexibility index (Phi) is 2.34. The van der Waals surface area contributed by atoms with Crippen molar-refractivity contribution in [2.45, 2.75) is 6.92 Å². The third-order valence-electron chi connectivity index (χ3n) is 2.26. The number of hydrogen-bond donors (Lipinski definition) is 0. The van der Waals surface area contributed by atoms with Crippen molar-refractivity contribution < 1.29 is 0 Å². The highest BCUT2D eigenvalue weighted by Gasteiger charge is 2.04. The molecule has 1 aromatic heterocycles. The van der Waals surface area contributed by atoms with E-state index < -0.39 is 0 Å². The molecular formula is C9H8BIN2O. The maximum atomic E-state index is 11.8. The molecule has 0 saturated heterocycles. The molecule has 14 heavy (non-hydrogen) atoms. The third-order valence-corrected chi connectivity index (χ3v) is 2.93. The Hall–Kier alpha value is -0.845. The molecule has 70 valence electrons. The summed E-state index contributed by atoms with van der Waals surface area (Å²) in [6, 6.07) is 5.70. The zero-order chi connectivity index (χ0) is 10.3. The molecule has 0 N–H and O–H groups in total. The van der Waals surface area contributed by atoms with E-state index in [-0.39, 0.29) is 5.56 Å². The monoisotopic (exact) mass is 298 g/mol. The van der Waals surface area contributed by atoms with E-state index in [1.54, 1.807) is 12.5 Å². The van der Waals surface area contributed by atoms with Crippen LogP contribution in [0.1, 0.15) is 5.82 Å². The van der Waals surface area contributed by atoms with Crippen molar-refractivity contribution in [3.8, 4) is 0 Å². The molecule has 5 heteroatoms. The molecular weight excluding hydrogens is 290 g/mol. The normalized spacial score (nSPS) is 10.7. The average molecular weight is 298 g/mol. The first-order valence-electron chi connectivity index (χ1n) is 4.22. The highest BCUT2D eigenvalue weighted by atomic mass is 127. The lowest BCUT2D eigenvalue weighted by Crippen LogP contribution is -2.22. The van der Waals surface area contributed by atoms with Gasteiger partial charge in [0.15, 0.2) is 0 Å². The summed E-state index contributed by atoms with van der Waals surface area (Å²) >= 11 is 2.19. The lowest BCUT2D eigenvalue weighted by Gasteiger charge is -2.05. The van der Waals surface area contributed by atoms with Crippen LogP contribution in [-0.2, 0) is 0 Å². The number of hydrogen-bond acceptors (Lipinski definition) is 2. The molecule has 1 heterocycles. The Morgan fingerprint density at radius 1 is 1.50 bits per heavy atom. The van der Waals surface area contributed by atoms with Crippen molar-refractivity contribution in [2.24, 2.45) is 0 Å². The number of halogens is 1. The Bertz CT molecular complexity index is 564. The summed E-state index contributed by atoms with van der Waals surface area (Å²) in [6.07, 6.45) is 0. The Morgan fingerprint density at radius 3 is 2.93 bits per heavy atom. The number of nitrogens with zero attached hydrogens (tertiary/aromatic N) is 2. The molecule has 0 aliphatic carbocycles. The van der Waals surface area contributed by atoms with Crippen molar-refractivity contribution in [2.75, 3.05) is 0 Å². The maximum Gasteiger partial charge on any atom is 0.248 e. The van der Waals surface area contributed by atoms with Crippen LogP contribution in [0, 0.1) is 10.5 Å². The van der Waals surface area contributed by atoms with Gasteiger partial charge in [-0.25, -0.2) is 4.98 Å². The molecule has 0 saturated carbocycles. The van der Waals surface area contributed by atoms with E-state index in [4.69, 9.17) is 0 Å². The smallest absolute Gasteiger partial charge is 0.248 e. The standard InChI is InChI=1S/C9H8BIN2O/c1-5-12-8-3-2-6(11)4-7(8)9(14)13(5)10/h2-4H,10H2,1H3.